The van der Waals surface area contributed by atoms with Crippen molar-refractivity contribution >= 4 is 48.8 Å². The van der Waals surface area contributed by atoms with E-state index in [4.69, 9.17) is 0 Å². The van der Waals surface area contributed by atoms with Gasteiger partial charge in [0.05, 0.1) is 0 Å². The lowest BCUT2D eigenvalue weighted by molar-refractivity contribution is 1.05. The first-order chi connectivity index (χ1) is 5.35. The average Bonchev–Trinajstić information content (AvgIpc) is 2.05. The fourth-order valence-corrected chi connectivity index (χ4v) is 3.45. The van der Waals surface area contributed by atoms with Gasteiger partial charge in [0, 0.05) is 16.1 Å². The fourth-order valence-electron chi connectivity index (χ4n) is 0.652. The van der Waals surface area contributed by atoms with Gasteiger partial charge in [-0.25, -0.2) is 0 Å². The molecule has 0 fully saturated rings. The van der Waals surface area contributed by atoms with E-state index < -0.39 is 0 Å². The summed E-state index contributed by atoms with van der Waals surface area (Å²) in [6, 6.07) is 0. The zero-order chi connectivity index (χ0) is 8.53. The van der Waals surface area contributed by atoms with Crippen LogP contribution < -0.4 is 0 Å². The van der Waals surface area contributed by atoms with Crippen molar-refractivity contribution < 1.29 is 0 Å². The highest BCUT2D eigenvalue weighted by Crippen LogP contribution is 2.26. The van der Waals surface area contributed by atoms with Crippen LogP contribution in [-0.4, -0.2) is 27.6 Å². The molecule has 0 aliphatic heterocycles. The third kappa shape index (κ3) is 7.75. The van der Waals surface area contributed by atoms with Gasteiger partial charge in [-0.3, -0.25) is 0 Å². The molecular weight excluding hydrogens is 212 g/mol. The van der Waals surface area contributed by atoms with Crippen LogP contribution in [0.1, 0.15) is 13.3 Å². The molecule has 0 amide bonds. The fraction of sp³-hybridized carbons (Fsp3) is 1.00. The van der Waals surface area contributed by atoms with Crippen LogP contribution in [0, 0.1) is 0 Å². The summed E-state index contributed by atoms with van der Waals surface area (Å²) in [7, 11) is 0. The van der Waals surface area contributed by atoms with E-state index in [1.807, 2.05) is 23.5 Å². The van der Waals surface area contributed by atoms with Gasteiger partial charge >= 0.3 is 0 Å². The van der Waals surface area contributed by atoms with Gasteiger partial charge in [0.15, 0.2) is 0 Å². The second-order valence-electron chi connectivity index (χ2n) is 2.03. The molecule has 11 heavy (non-hydrogen) atoms. The van der Waals surface area contributed by atoms with Gasteiger partial charge in [-0.15, -0.1) is 23.5 Å². The van der Waals surface area contributed by atoms with Gasteiger partial charge in [0.1, 0.15) is 0 Å². The summed E-state index contributed by atoms with van der Waals surface area (Å²) in [5.41, 5.74) is 0. The molecule has 0 aromatic heterocycles. The molecule has 0 nitrogen and oxygen atoms in total. The van der Waals surface area contributed by atoms with E-state index in [1.165, 1.54) is 17.9 Å². The van der Waals surface area contributed by atoms with Crippen molar-refractivity contribution in [3.05, 3.63) is 0 Å². The van der Waals surface area contributed by atoms with Crippen molar-refractivity contribution in [2.24, 2.45) is 0 Å². The van der Waals surface area contributed by atoms with Gasteiger partial charge in [-0.1, -0.05) is 6.92 Å². The molecule has 68 valence electrons. The summed E-state index contributed by atoms with van der Waals surface area (Å²) < 4.78 is 0.759. The average molecular weight is 228 g/mol. The van der Waals surface area contributed by atoms with Crippen molar-refractivity contribution in [1.82, 2.24) is 0 Å². The Kier molecular flexibility index (Phi) is 10.7. The first-order valence-corrected chi connectivity index (χ1v) is 7.16. The number of hydrogen-bond donors (Lipinski definition) is 2. The van der Waals surface area contributed by atoms with Crippen LogP contribution in [-0.2, 0) is 0 Å². The molecule has 0 aromatic carbocycles. The number of hydrogen-bond acceptors (Lipinski definition) is 4. The van der Waals surface area contributed by atoms with Gasteiger partial charge < -0.3 is 0 Å². The molecule has 0 rings (SSSR count). The van der Waals surface area contributed by atoms with Crippen LogP contribution in [0.25, 0.3) is 0 Å². The van der Waals surface area contributed by atoms with Crippen LogP contribution in [0.5, 0.6) is 0 Å². The monoisotopic (exact) mass is 228 g/mol. The summed E-state index contributed by atoms with van der Waals surface area (Å²) in [5.74, 6) is 4.31. The van der Waals surface area contributed by atoms with E-state index in [1.54, 1.807) is 0 Å². The lowest BCUT2D eigenvalue weighted by atomic mass is 10.6. The predicted octanol–water partition coefficient (Wildman–Crippen LogP) is 3.05. The van der Waals surface area contributed by atoms with Crippen LogP contribution >= 0.6 is 48.8 Å². The van der Waals surface area contributed by atoms with E-state index in [2.05, 4.69) is 32.2 Å². The first-order valence-electron chi connectivity index (χ1n) is 3.80. The van der Waals surface area contributed by atoms with Crippen LogP contribution in [0.2, 0.25) is 0 Å². The molecule has 0 aromatic rings. The van der Waals surface area contributed by atoms with Crippen LogP contribution in [0.15, 0.2) is 0 Å². The quantitative estimate of drug-likeness (QED) is 0.508. The smallest absolute Gasteiger partial charge is 0.0500 e. The molecular formula is C7H16S4. The maximum Gasteiger partial charge on any atom is 0.0500 e. The first kappa shape index (κ1) is 12.4. The molecule has 0 radical (unpaired) electrons. The Bertz CT molecular complexity index is 68.8. The number of rotatable bonds is 7. The SMILES string of the molecule is CCC(SCCS)SCCS. The Morgan fingerprint density at radius 2 is 1.55 bits per heavy atom. The Labute approximate surface area is 89.5 Å². The van der Waals surface area contributed by atoms with Gasteiger partial charge in [-0.05, 0) is 17.9 Å². The standard InChI is InChI=1S/C7H16S4/c1-2-7(10-5-3-8)11-6-4-9/h7-9H,2-6H2,1H3. The third-order valence-electron chi connectivity index (χ3n) is 1.12. The zero-order valence-corrected chi connectivity index (χ0v) is 10.2. The molecule has 0 unspecified atom stereocenters. The molecule has 0 heterocycles. The molecule has 0 aliphatic carbocycles. The Morgan fingerprint density at radius 3 is 1.82 bits per heavy atom. The molecule has 0 bridgehead atoms. The Hall–Kier alpha value is 1.40. The highest BCUT2D eigenvalue weighted by Gasteiger charge is 2.04. The molecule has 4 heteroatoms. The third-order valence-corrected chi connectivity index (χ3v) is 5.28. The van der Waals surface area contributed by atoms with Gasteiger partial charge in [-0.2, -0.15) is 25.3 Å². The normalized spacial score (nSPS) is 10.9. The topological polar surface area (TPSA) is 0 Å². The number of thioether (sulfide) groups is 2. The van der Waals surface area contributed by atoms with Crippen LogP contribution in [0.4, 0.5) is 0 Å². The summed E-state index contributed by atoms with van der Waals surface area (Å²) in [4.78, 5) is 0. The van der Waals surface area contributed by atoms with Crippen molar-refractivity contribution in [2.75, 3.05) is 23.0 Å². The second-order valence-corrected chi connectivity index (χ2v) is 5.84. The zero-order valence-electron chi connectivity index (χ0n) is 6.82. The summed E-state index contributed by atoms with van der Waals surface area (Å²) in [6.07, 6.45) is 1.25. The Morgan fingerprint density at radius 1 is 1.09 bits per heavy atom. The van der Waals surface area contributed by atoms with Crippen LogP contribution in [0.3, 0.4) is 0 Å². The minimum atomic E-state index is 0.759. The Balaban J connectivity index is 3.25. The van der Waals surface area contributed by atoms with E-state index in [9.17, 15) is 0 Å². The molecule has 0 aliphatic rings. The predicted molar refractivity (Wildman–Crippen MR) is 66.7 cm³/mol. The van der Waals surface area contributed by atoms with E-state index in [-0.39, 0.29) is 0 Å². The van der Waals surface area contributed by atoms with Crippen molar-refractivity contribution in [2.45, 2.75) is 17.9 Å². The maximum absolute atomic E-state index is 4.18. The summed E-state index contributed by atoms with van der Waals surface area (Å²) in [6.45, 7) is 2.24. The second kappa shape index (κ2) is 9.49. The molecule has 0 saturated carbocycles. The van der Waals surface area contributed by atoms with E-state index in [0.717, 1.165) is 16.1 Å². The van der Waals surface area contributed by atoms with Crippen molar-refractivity contribution in [1.29, 1.82) is 0 Å². The molecule has 0 atom stereocenters. The highest BCUT2D eigenvalue weighted by atomic mass is 32.2. The molecule has 0 N–H and O–H groups in total. The maximum atomic E-state index is 4.18. The minimum absolute atomic E-state index is 0.759. The lowest BCUT2D eigenvalue weighted by Gasteiger charge is -2.11. The van der Waals surface area contributed by atoms with Crippen molar-refractivity contribution in [3.8, 4) is 0 Å². The van der Waals surface area contributed by atoms with E-state index >= 15 is 0 Å². The van der Waals surface area contributed by atoms with Gasteiger partial charge in [0.25, 0.3) is 0 Å². The molecule has 0 spiro atoms. The lowest BCUT2D eigenvalue weighted by Crippen LogP contribution is -1.98. The largest absolute Gasteiger partial charge is 0.179 e. The number of thiol groups is 2. The highest BCUT2D eigenvalue weighted by molar-refractivity contribution is 8.17. The summed E-state index contributed by atoms with van der Waals surface area (Å²) in [5, 5.41) is 0. The summed E-state index contributed by atoms with van der Waals surface area (Å²) >= 11 is 12.4. The van der Waals surface area contributed by atoms with E-state index in [0.29, 0.717) is 0 Å². The minimum Gasteiger partial charge on any atom is -0.179 e. The molecule has 0 saturated heterocycles. The van der Waals surface area contributed by atoms with Gasteiger partial charge in [0.2, 0.25) is 0 Å². The van der Waals surface area contributed by atoms with Crippen molar-refractivity contribution in [3.63, 3.8) is 0 Å².